The Bertz CT molecular complexity index is 616. The highest BCUT2D eigenvalue weighted by molar-refractivity contribution is 9.10. The van der Waals surface area contributed by atoms with Gasteiger partial charge in [-0.15, -0.1) is 0 Å². The summed E-state index contributed by atoms with van der Waals surface area (Å²) in [6.45, 7) is -0.266. The van der Waals surface area contributed by atoms with Gasteiger partial charge in [0.05, 0.1) is 23.2 Å². The average Bonchev–Trinajstić information content (AvgIpc) is 2.51. The maximum Gasteiger partial charge on any atom is 0.407 e. The van der Waals surface area contributed by atoms with Crippen LogP contribution in [0.1, 0.15) is 10.4 Å². The van der Waals surface area contributed by atoms with E-state index in [1.165, 1.54) is 17.0 Å². The van der Waals surface area contributed by atoms with E-state index in [4.69, 9.17) is 16.7 Å². The summed E-state index contributed by atoms with van der Waals surface area (Å²) in [4.78, 5) is 25.8. The van der Waals surface area contributed by atoms with Crippen molar-refractivity contribution in [3.05, 3.63) is 33.0 Å². The van der Waals surface area contributed by atoms with E-state index in [0.717, 1.165) is 4.90 Å². The van der Waals surface area contributed by atoms with Crippen molar-refractivity contribution in [3.8, 4) is 0 Å². The van der Waals surface area contributed by atoms with E-state index in [2.05, 4.69) is 15.9 Å². The first-order valence-electron chi connectivity index (χ1n) is 6.40. The van der Waals surface area contributed by atoms with Crippen molar-refractivity contribution in [1.82, 2.24) is 9.80 Å². The van der Waals surface area contributed by atoms with Crippen LogP contribution in [0.2, 0.25) is 5.02 Å². The molecule has 2 N–H and O–H groups in total. The van der Waals surface area contributed by atoms with Gasteiger partial charge in [0.2, 0.25) is 0 Å². The molecule has 0 radical (unpaired) electrons. The van der Waals surface area contributed by atoms with Crippen molar-refractivity contribution in [2.24, 2.45) is 0 Å². The number of piperazine rings is 1. The van der Waals surface area contributed by atoms with Gasteiger partial charge < -0.3 is 20.0 Å². The van der Waals surface area contributed by atoms with Crippen molar-refractivity contribution < 1.29 is 24.2 Å². The molecule has 1 aliphatic rings. The molecule has 0 saturated carbocycles. The van der Waals surface area contributed by atoms with Crippen molar-refractivity contribution in [2.45, 2.75) is 6.04 Å². The fraction of sp³-hybridized carbons (Fsp3) is 0.385. The molecule has 1 fully saturated rings. The number of hydrogen-bond acceptors (Lipinski definition) is 3. The van der Waals surface area contributed by atoms with Crippen LogP contribution in [0, 0.1) is 5.82 Å². The summed E-state index contributed by atoms with van der Waals surface area (Å²) in [6.07, 6.45) is -1.12. The number of amides is 2. The van der Waals surface area contributed by atoms with Crippen LogP contribution in [-0.2, 0) is 0 Å². The molecule has 0 unspecified atom stereocenters. The predicted molar refractivity (Wildman–Crippen MR) is 80.6 cm³/mol. The molecule has 2 amide bonds. The Kier molecular flexibility index (Phi) is 5.25. The van der Waals surface area contributed by atoms with Crippen molar-refractivity contribution >= 4 is 39.5 Å². The lowest BCUT2D eigenvalue weighted by Crippen LogP contribution is -2.57. The molecule has 9 heteroatoms. The van der Waals surface area contributed by atoms with Gasteiger partial charge in [-0.05, 0) is 28.1 Å². The van der Waals surface area contributed by atoms with Crippen LogP contribution in [0.15, 0.2) is 16.6 Å². The predicted octanol–water partition coefficient (Wildman–Crippen LogP) is 2.04. The number of nitrogens with zero attached hydrogens (tertiary/aromatic N) is 2. The summed E-state index contributed by atoms with van der Waals surface area (Å²) in [5.74, 6) is -1.48. The average molecular weight is 396 g/mol. The summed E-state index contributed by atoms with van der Waals surface area (Å²) in [6, 6.07) is 2.03. The molecule has 1 atom stereocenters. The van der Waals surface area contributed by atoms with Crippen molar-refractivity contribution in [3.63, 3.8) is 0 Å². The molecule has 1 saturated heterocycles. The Morgan fingerprint density at radius 1 is 1.41 bits per heavy atom. The van der Waals surface area contributed by atoms with E-state index in [1.807, 2.05) is 0 Å². The highest BCUT2D eigenvalue weighted by Gasteiger charge is 2.33. The van der Waals surface area contributed by atoms with E-state index >= 15 is 0 Å². The maximum atomic E-state index is 14.1. The number of benzene rings is 1. The standard InChI is InChI=1S/C13H13BrClFN2O4/c14-9-2-1-8(11(16)10(9)15)12(20)18-4-3-17(13(21)22)5-7(18)6-19/h1-2,7,19H,3-6H2,(H,21,22)/t7-/m1/s1. The molecule has 0 aliphatic carbocycles. The van der Waals surface area contributed by atoms with Crippen LogP contribution in [0.5, 0.6) is 0 Å². The minimum Gasteiger partial charge on any atom is -0.465 e. The Labute approximate surface area is 139 Å². The van der Waals surface area contributed by atoms with Crippen molar-refractivity contribution in [1.29, 1.82) is 0 Å². The second kappa shape index (κ2) is 6.80. The molecule has 120 valence electrons. The summed E-state index contributed by atoms with van der Waals surface area (Å²) in [5.41, 5.74) is -0.213. The number of carbonyl (C=O) groups is 2. The van der Waals surface area contributed by atoms with Gasteiger partial charge in [-0.2, -0.15) is 0 Å². The van der Waals surface area contributed by atoms with E-state index in [9.17, 15) is 19.1 Å². The van der Waals surface area contributed by atoms with E-state index in [1.54, 1.807) is 0 Å². The fourth-order valence-corrected chi connectivity index (χ4v) is 2.77. The third-order valence-electron chi connectivity index (χ3n) is 3.49. The number of carboxylic acid groups (broad SMARTS) is 1. The molecule has 1 aliphatic heterocycles. The molecular formula is C13H13BrClFN2O4. The monoisotopic (exact) mass is 394 g/mol. The van der Waals surface area contributed by atoms with Gasteiger partial charge in [0, 0.05) is 24.1 Å². The smallest absolute Gasteiger partial charge is 0.407 e. The molecule has 22 heavy (non-hydrogen) atoms. The number of aliphatic hydroxyl groups excluding tert-OH is 1. The van der Waals surface area contributed by atoms with Gasteiger partial charge in [-0.25, -0.2) is 9.18 Å². The van der Waals surface area contributed by atoms with Crippen LogP contribution < -0.4 is 0 Å². The Balaban J connectivity index is 2.26. The number of halogens is 3. The third kappa shape index (κ3) is 3.18. The highest BCUT2D eigenvalue weighted by Crippen LogP contribution is 2.28. The zero-order valence-corrected chi connectivity index (χ0v) is 13.6. The van der Waals surface area contributed by atoms with Gasteiger partial charge in [0.15, 0.2) is 5.82 Å². The second-order valence-electron chi connectivity index (χ2n) is 4.79. The molecule has 1 heterocycles. The minimum absolute atomic E-state index is 0.0244. The van der Waals surface area contributed by atoms with Gasteiger partial charge in [0.1, 0.15) is 0 Å². The van der Waals surface area contributed by atoms with Crippen molar-refractivity contribution in [2.75, 3.05) is 26.2 Å². The summed E-state index contributed by atoms with van der Waals surface area (Å²) >= 11 is 8.84. The summed E-state index contributed by atoms with van der Waals surface area (Å²) in [5, 5.41) is 18.1. The van der Waals surface area contributed by atoms with E-state index < -0.39 is 30.5 Å². The molecule has 1 aromatic carbocycles. The number of carbonyl (C=O) groups excluding carboxylic acids is 1. The molecule has 0 bridgehead atoms. The molecule has 0 aromatic heterocycles. The minimum atomic E-state index is -1.12. The third-order valence-corrected chi connectivity index (χ3v) is 4.75. The number of hydrogen-bond donors (Lipinski definition) is 2. The Morgan fingerprint density at radius 3 is 2.68 bits per heavy atom. The molecule has 6 nitrogen and oxygen atoms in total. The normalized spacial score (nSPS) is 18.5. The van der Waals surface area contributed by atoms with Gasteiger partial charge in [0.25, 0.3) is 5.91 Å². The molecule has 1 aromatic rings. The lowest BCUT2D eigenvalue weighted by atomic mass is 10.1. The first-order chi connectivity index (χ1) is 10.4. The van der Waals surface area contributed by atoms with Crippen LogP contribution in [0.4, 0.5) is 9.18 Å². The van der Waals surface area contributed by atoms with E-state index in [0.29, 0.717) is 4.47 Å². The van der Waals surface area contributed by atoms with Gasteiger partial charge in [-0.3, -0.25) is 4.79 Å². The second-order valence-corrected chi connectivity index (χ2v) is 6.02. The largest absolute Gasteiger partial charge is 0.465 e. The van der Waals surface area contributed by atoms with Crippen LogP contribution in [-0.4, -0.2) is 64.3 Å². The summed E-state index contributed by atoms with van der Waals surface area (Å²) < 4.78 is 14.5. The number of aliphatic hydroxyl groups is 1. The zero-order valence-electron chi connectivity index (χ0n) is 11.3. The molecule has 0 spiro atoms. The van der Waals surface area contributed by atoms with Gasteiger partial charge in [-0.1, -0.05) is 11.6 Å². The lowest BCUT2D eigenvalue weighted by Gasteiger charge is -2.39. The fourth-order valence-electron chi connectivity index (χ4n) is 2.30. The molecule has 2 rings (SSSR count). The number of rotatable bonds is 2. The first kappa shape index (κ1) is 17.0. The van der Waals surface area contributed by atoms with Crippen LogP contribution in [0.25, 0.3) is 0 Å². The van der Waals surface area contributed by atoms with Crippen LogP contribution >= 0.6 is 27.5 Å². The van der Waals surface area contributed by atoms with Gasteiger partial charge >= 0.3 is 6.09 Å². The van der Waals surface area contributed by atoms with Crippen LogP contribution in [0.3, 0.4) is 0 Å². The highest BCUT2D eigenvalue weighted by atomic mass is 79.9. The lowest BCUT2D eigenvalue weighted by molar-refractivity contribution is 0.0306. The Hall–Kier alpha value is -1.38. The SMILES string of the molecule is O=C(O)N1CCN(C(=O)c2ccc(Br)c(Cl)c2F)[C@@H](CO)C1. The first-order valence-corrected chi connectivity index (χ1v) is 7.57. The topological polar surface area (TPSA) is 81.1 Å². The summed E-state index contributed by atoms with van der Waals surface area (Å²) in [7, 11) is 0. The molecular weight excluding hydrogens is 383 g/mol. The van der Waals surface area contributed by atoms with E-state index in [-0.39, 0.29) is 30.2 Å². The maximum absolute atomic E-state index is 14.1. The Morgan fingerprint density at radius 2 is 2.09 bits per heavy atom. The zero-order chi connectivity index (χ0) is 16.4. The quantitative estimate of drug-likeness (QED) is 0.751.